The van der Waals surface area contributed by atoms with Crippen LogP contribution in [0, 0.1) is 0 Å². The number of guanidine groups is 1. The zero-order valence-corrected chi connectivity index (χ0v) is 19.5. The van der Waals surface area contributed by atoms with Crippen LogP contribution < -0.4 is 10.6 Å². The van der Waals surface area contributed by atoms with Crippen molar-refractivity contribution >= 4 is 41.5 Å². The molecule has 0 bridgehead atoms. The highest BCUT2D eigenvalue weighted by Gasteiger charge is 2.10. The average Bonchev–Trinajstić information content (AvgIpc) is 3.18. The van der Waals surface area contributed by atoms with Gasteiger partial charge in [0.2, 0.25) is 11.7 Å². The first kappa shape index (κ1) is 23.2. The number of hydrogen-bond acceptors (Lipinski definition) is 4. The Morgan fingerprint density at radius 2 is 1.86 bits per heavy atom. The Kier molecular flexibility index (Phi) is 9.40. The van der Waals surface area contributed by atoms with Crippen LogP contribution in [-0.4, -0.2) is 29.2 Å². The summed E-state index contributed by atoms with van der Waals surface area (Å²) in [6, 6.07) is 17.8. The first-order chi connectivity index (χ1) is 13.7. The van der Waals surface area contributed by atoms with E-state index in [-0.39, 0.29) is 30.0 Å². The van der Waals surface area contributed by atoms with Crippen LogP contribution in [0.2, 0.25) is 5.02 Å². The molecular formula is C21H25ClIN5O. The largest absolute Gasteiger partial charge is 0.357 e. The lowest BCUT2D eigenvalue weighted by molar-refractivity contribution is 0.380. The normalized spacial score (nSPS) is 12.2. The molecule has 0 aliphatic rings. The van der Waals surface area contributed by atoms with E-state index in [9.17, 15) is 0 Å². The minimum absolute atomic E-state index is 0. The van der Waals surface area contributed by atoms with Gasteiger partial charge in [-0.1, -0.05) is 47.1 Å². The Labute approximate surface area is 193 Å². The van der Waals surface area contributed by atoms with Gasteiger partial charge in [0.15, 0.2) is 5.96 Å². The number of hydrogen-bond donors (Lipinski definition) is 2. The van der Waals surface area contributed by atoms with Crippen LogP contribution in [0.15, 0.2) is 64.1 Å². The second-order valence-electron chi connectivity index (χ2n) is 6.31. The van der Waals surface area contributed by atoms with E-state index in [0.717, 1.165) is 18.1 Å². The molecule has 3 rings (SSSR count). The van der Waals surface area contributed by atoms with Crippen molar-refractivity contribution in [1.82, 2.24) is 20.8 Å². The van der Waals surface area contributed by atoms with Crippen LogP contribution in [0.25, 0.3) is 11.4 Å². The minimum Gasteiger partial charge on any atom is -0.357 e. The van der Waals surface area contributed by atoms with E-state index in [1.54, 1.807) is 12.1 Å². The van der Waals surface area contributed by atoms with E-state index in [2.05, 4.69) is 44.8 Å². The van der Waals surface area contributed by atoms with Gasteiger partial charge < -0.3 is 15.2 Å². The predicted molar refractivity (Wildman–Crippen MR) is 128 cm³/mol. The van der Waals surface area contributed by atoms with Crippen molar-refractivity contribution in [3.8, 4) is 11.4 Å². The number of nitrogens with zero attached hydrogens (tertiary/aromatic N) is 3. The quantitative estimate of drug-likeness (QED) is 0.262. The molecule has 0 fully saturated rings. The van der Waals surface area contributed by atoms with Gasteiger partial charge in [0.25, 0.3) is 0 Å². The molecule has 1 aromatic heterocycles. The molecule has 1 unspecified atom stereocenters. The van der Waals surface area contributed by atoms with Crippen LogP contribution >= 0.6 is 35.6 Å². The third kappa shape index (κ3) is 7.01. The zero-order chi connectivity index (χ0) is 19.8. The molecule has 1 heterocycles. The maximum atomic E-state index is 5.91. The van der Waals surface area contributed by atoms with Crippen molar-refractivity contribution in [3.05, 3.63) is 71.1 Å². The van der Waals surface area contributed by atoms with E-state index < -0.39 is 0 Å². The number of aromatic nitrogens is 2. The molecule has 0 aliphatic carbocycles. The Balaban J connectivity index is 0.00000300. The minimum atomic E-state index is 0. The Hall–Kier alpha value is -2.13. The summed E-state index contributed by atoms with van der Waals surface area (Å²) in [5, 5.41) is 11.4. The third-order valence-electron chi connectivity index (χ3n) is 4.16. The summed E-state index contributed by atoms with van der Waals surface area (Å²) in [6.45, 7) is 5.48. The van der Waals surface area contributed by atoms with Crippen LogP contribution in [0.1, 0.15) is 31.3 Å². The topological polar surface area (TPSA) is 75.3 Å². The highest BCUT2D eigenvalue weighted by molar-refractivity contribution is 14.0. The first-order valence-corrected chi connectivity index (χ1v) is 9.72. The van der Waals surface area contributed by atoms with Crippen LogP contribution in [-0.2, 0) is 6.42 Å². The Morgan fingerprint density at radius 1 is 1.14 bits per heavy atom. The van der Waals surface area contributed by atoms with Crippen molar-refractivity contribution in [3.63, 3.8) is 0 Å². The molecule has 3 aromatic rings. The summed E-state index contributed by atoms with van der Waals surface area (Å²) in [4.78, 5) is 9.05. The SMILES string of the molecule is CCNC(=NCCc1nc(-c2ccc(Cl)cc2)no1)NC(C)c1ccccc1.I. The highest BCUT2D eigenvalue weighted by Crippen LogP contribution is 2.18. The summed E-state index contributed by atoms with van der Waals surface area (Å²) in [6.07, 6.45) is 0.566. The maximum absolute atomic E-state index is 5.91. The molecule has 0 aliphatic heterocycles. The fraction of sp³-hybridized carbons (Fsp3) is 0.286. The van der Waals surface area contributed by atoms with Crippen LogP contribution in [0.3, 0.4) is 0 Å². The molecule has 2 aromatic carbocycles. The molecule has 0 amide bonds. The van der Waals surface area contributed by atoms with E-state index in [1.165, 1.54) is 5.56 Å². The van der Waals surface area contributed by atoms with E-state index in [1.807, 2.05) is 37.3 Å². The molecule has 2 N–H and O–H groups in total. The summed E-state index contributed by atoms with van der Waals surface area (Å²) < 4.78 is 5.34. The fourth-order valence-corrected chi connectivity index (χ4v) is 2.81. The van der Waals surface area contributed by atoms with Gasteiger partial charge in [0.1, 0.15) is 0 Å². The predicted octanol–water partition coefficient (Wildman–Crippen LogP) is 4.87. The molecule has 0 saturated carbocycles. The van der Waals surface area contributed by atoms with Gasteiger partial charge in [-0.2, -0.15) is 4.98 Å². The molecule has 154 valence electrons. The monoisotopic (exact) mass is 525 g/mol. The van der Waals surface area contributed by atoms with Gasteiger partial charge in [-0.3, -0.25) is 4.99 Å². The van der Waals surface area contributed by atoms with Crippen LogP contribution in [0.5, 0.6) is 0 Å². The average molecular weight is 526 g/mol. The second-order valence-corrected chi connectivity index (χ2v) is 6.74. The number of nitrogens with one attached hydrogen (secondary N) is 2. The van der Waals surface area contributed by atoms with Crippen LogP contribution in [0.4, 0.5) is 0 Å². The molecule has 0 saturated heterocycles. The lowest BCUT2D eigenvalue weighted by Crippen LogP contribution is -2.38. The second kappa shape index (κ2) is 11.8. The van der Waals surface area contributed by atoms with Gasteiger partial charge in [0, 0.05) is 23.6 Å². The molecule has 6 nitrogen and oxygen atoms in total. The number of rotatable bonds is 7. The molecule has 8 heteroatoms. The Morgan fingerprint density at radius 3 is 2.55 bits per heavy atom. The number of aliphatic imine (C=N–C) groups is 1. The summed E-state index contributed by atoms with van der Waals surface area (Å²) in [5.74, 6) is 1.87. The Bertz CT molecular complexity index is 899. The molecule has 0 radical (unpaired) electrons. The smallest absolute Gasteiger partial charge is 0.228 e. The molecule has 1 atom stereocenters. The van der Waals surface area contributed by atoms with Gasteiger partial charge in [-0.25, -0.2) is 0 Å². The maximum Gasteiger partial charge on any atom is 0.228 e. The first-order valence-electron chi connectivity index (χ1n) is 9.34. The van der Waals surface area contributed by atoms with Crippen molar-refractivity contribution in [2.45, 2.75) is 26.3 Å². The zero-order valence-electron chi connectivity index (χ0n) is 16.4. The number of halogens is 2. The lowest BCUT2D eigenvalue weighted by Gasteiger charge is -2.18. The van der Waals surface area contributed by atoms with Gasteiger partial charge in [-0.15, -0.1) is 24.0 Å². The van der Waals surface area contributed by atoms with Crippen molar-refractivity contribution < 1.29 is 4.52 Å². The fourth-order valence-electron chi connectivity index (χ4n) is 2.69. The van der Waals surface area contributed by atoms with Gasteiger partial charge in [0.05, 0.1) is 12.6 Å². The number of benzene rings is 2. The van der Waals surface area contributed by atoms with Gasteiger partial charge >= 0.3 is 0 Å². The lowest BCUT2D eigenvalue weighted by atomic mass is 10.1. The van der Waals surface area contributed by atoms with Gasteiger partial charge in [-0.05, 0) is 43.7 Å². The van der Waals surface area contributed by atoms with Crippen molar-refractivity contribution in [2.24, 2.45) is 4.99 Å². The summed E-state index contributed by atoms with van der Waals surface area (Å²) >= 11 is 5.91. The van der Waals surface area contributed by atoms with E-state index >= 15 is 0 Å². The summed E-state index contributed by atoms with van der Waals surface area (Å²) in [7, 11) is 0. The summed E-state index contributed by atoms with van der Waals surface area (Å²) in [5.41, 5.74) is 2.08. The molecule has 0 spiro atoms. The molecule has 29 heavy (non-hydrogen) atoms. The van der Waals surface area contributed by atoms with Crippen molar-refractivity contribution in [1.29, 1.82) is 0 Å². The molecular weight excluding hydrogens is 501 g/mol. The van der Waals surface area contributed by atoms with Crippen molar-refractivity contribution in [2.75, 3.05) is 13.1 Å². The van der Waals surface area contributed by atoms with E-state index in [0.29, 0.717) is 29.7 Å². The standard InChI is InChI=1S/C21H24ClN5O.HI/c1-3-23-21(25-15(2)16-7-5-4-6-8-16)24-14-13-19-26-20(27-28-19)17-9-11-18(22)12-10-17;/h4-12,15H,3,13-14H2,1-2H3,(H2,23,24,25);1H. The third-order valence-corrected chi connectivity index (χ3v) is 4.42. The van der Waals surface area contributed by atoms with E-state index in [4.69, 9.17) is 16.1 Å². The highest BCUT2D eigenvalue weighted by atomic mass is 127.